The lowest BCUT2D eigenvalue weighted by molar-refractivity contribution is -0.142. The molecule has 0 spiro atoms. The van der Waals surface area contributed by atoms with Crippen LogP contribution in [0, 0.1) is 6.92 Å². The van der Waals surface area contributed by atoms with Gasteiger partial charge in [0.2, 0.25) is 0 Å². The van der Waals surface area contributed by atoms with E-state index in [0.29, 0.717) is 15.2 Å². The maximum atomic E-state index is 13.1. The second-order valence-corrected chi connectivity index (χ2v) is 5.31. The van der Waals surface area contributed by atoms with Crippen LogP contribution in [-0.4, -0.2) is 14.6 Å². The maximum Gasteiger partial charge on any atom is 0.433 e. The van der Waals surface area contributed by atoms with Gasteiger partial charge in [0.05, 0.1) is 5.02 Å². The van der Waals surface area contributed by atoms with Gasteiger partial charge in [0.25, 0.3) is 0 Å². The van der Waals surface area contributed by atoms with Crippen molar-refractivity contribution in [3.8, 4) is 0 Å². The van der Waals surface area contributed by atoms with Crippen molar-refractivity contribution in [1.29, 1.82) is 0 Å². The minimum Gasteiger partial charge on any atom is -0.380 e. The van der Waals surface area contributed by atoms with Crippen molar-refractivity contribution in [3.63, 3.8) is 0 Å². The Morgan fingerprint density at radius 2 is 1.92 bits per heavy atom. The second-order valence-electron chi connectivity index (χ2n) is 4.90. The van der Waals surface area contributed by atoms with Crippen LogP contribution in [-0.2, 0) is 6.18 Å². The molecule has 10 heteroatoms. The van der Waals surface area contributed by atoms with E-state index in [0.717, 1.165) is 6.07 Å². The Morgan fingerprint density at radius 3 is 2.58 bits per heavy atom. The van der Waals surface area contributed by atoms with E-state index in [1.165, 1.54) is 6.92 Å². The number of halogens is 4. The lowest BCUT2D eigenvalue weighted by Crippen LogP contribution is -2.13. The summed E-state index contributed by atoms with van der Waals surface area (Å²) in [6.45, 7) is 1.44. The molecular formula is C14H10ClF3N6. The van der Waals surface area contributed by atoms with Crippen molar-refractivity contribution in [2.24, 2.45) is 10.2 Å². The first-order valence-corrected chi connectivity index (χ1v) is 7.04. The van der Waals surface area contributed by atoms with Gasteiger partial charge >= 0.3 is 6.18 Å². The van der Waals surface area contributed by atoms with Crippen molar-refractivity contribution < 1.29 is 13.2 Å². The molecule has 124 valence electrons. The zero-order valence-electron chi connectivity index (χ0n) is 12.2. The Kier molecular flexibility index (Phi) is 3.88. The Bertz CT molecular complexity index is 948. The van der Waals surface area contributed by atoms with Gasteiger partial charge in [-0.25, -0.2) is 9.50 Å². The summed E-state index contributed by atoms with van der Waals surface area (Å²) >= 11 is 5.96. The predicted molar refractivity (Wildman–Crippen MR) is 82.8 cm³/mol. The molecule has 0 saturated heterocycles. The fraction of sp³-hybridized carbons (Fsp3) is 0.143. The van der Waals surface area contributed by atoms with Gasteiger partial charge in [0, 0.05) is 5.69 Å². The van der Waals surface area contributed by atoms with E-state index in [2.05, 4.69) is 20.3 Å². The van der Waals surface area contributed by atoms with Crippen LogP contribution in [0.1, 0.15) is 11.4 Å². The average molecular weight is 355 g/mol. The van der Waals surface area contributed by atoms with Crippen molar-refractivity contribution in [3.05, 3.63) is 46.7 Å². The summed E-state index contributed by atoms with van der Waals surface area (Å²) < 4.78 is 40.0. The van der Waals surface area contributed by atoms with Gasteiger partial charge in [0.1, 0.15) is 11.4 Å². The number of azo groups is 1. The summed E-state index contributed by atoms with van der Waals surface area (Å²) in [5, 5.41) is 11.8. The number of nitrogens with two attached hydrogens (primary N) is 1. The van der Waals surface area contributed by atoms with Gasteiger partial charge in [-0.15, -0.1) is 15.3 Å². The van der Waals surface area contributed by atoms with Crippen LogP contribution < -0.4 is 5.73 Å². The van der Waals surface area contributed by atoms with Crippen molar-refractivity contribution in [2.45, 2.75) is 13.1 Å². The van der Waals surface area contributed by atoms with Crippen molar-refractivity contribution >= 4 is 34.4 Å². The normalized spacial score (nSPS) is 12.4. The fourth-order valence-corrected chi connectivity index (χ4v) is 2.25. The third-order valence-electron chi connectivity index (χ3n) is 3.12. The zero-order chi connectivity index (χ0) is 17.5. The molecule has 3 aromatic rings. The maximum absolute atomic E-state index is 13.1. The second kappa shape index (κ2) is 5.75. The molecule has 0 radical (unpaired) electrons. The molecule has 3 rings (SSSR count). The van der Waals surface area contributed by atoms with E-state index in [1.807, 2.05) is 0 Å². The molecule has 0 saturated carbocycles. The topological polar surface area (TPSA) is 80.9 Å². The number of nitrogens with zero attached hydrogens (tertiary/aromatic N) is 5. The van der Waals surface area contributed by atoms with E-state index < -0.39 is 11.9 Å². The monoisotopic (exact) mass is 354 g/mol. The number of fused-ring (bicyclic) bond motifs is 1. The number of benzene rings is 1. The minimum absolute atomic E-state index is 0.0517. The Balaban J connectivity index is 2.18. The molecule has 0 aliphatic carbocycles. The number of hydrogen-bond donors (Lipinski definition) is 1. The molecular weight excluding hydrogens is 345 g/mol. The highest BCUT2D eigenvalue weighted by Gasteiger charge is 2.35. The number of aryl methyl sites for hydroxylation is 1. The molecule has 0 bridgehead atoms. The zero-order valence-corrected chi connectivity index (χ0v) is 13.0. The number of aromatic nitrogens is 3. The van der Waals surface area contributed by atoms with Crippen molar-refractivity contribution in [1.82, 2.24) is 14.6 Å². The van der Waals surface area contributed by atoms with E-state index in [4.69, 9.17) is 17.3 Å². The van der Waals surface area contributed by atoms with Gasteiger partial charge in [-0.1, -0.05) is 23.7 Å². The number of alkyl halides is 3. The molecule has 0 aliphatic rings. The molecule has 2 aromatic heterocycles. The lowest BCUT2D eigenvalue weighted by Gasteiger charge is -2.09. The smallest absolute Gasteiger partial charge is 0.380 e. The van der Waals surface area contributed by atoms with Gasteiger partial charge in [-0.3, -0.25) is 0 Å². The van der Waals surface area contributed by atoms with Gasteiger partial charge < -0.3 is 5.73 Å². The SMILES string of the molecule is Cc1cc(C(F)(F)F)n2nc(N)c(N=Nc3ccccc3Cl)c2n1. The molecule has 6 nitrogen and oxygen atoms in total. The van der Waals surface area contributed by atoms with E-state index >= 15 is 0 Å². The quantitative estimate of drug-likeness (QED) is 0.677. The van der Waals surface area contributed by atoms with Crippen LogP contribution >= 0.6 is 11.6 Å². The van der Waals surface area contributed by atoms with E-state index in [1.54, 1.807) is 24.3 Å². The van der Waals surface area contributed by atoms with Crippen LogP contribution in [0.2, 0.25) is 5.02 Å². The summed E-state index contributed by atoms with van der Waals surface area (Å²) in [6.07, 6.45) is -4.61. The molecule has 0 atom stereocenters. The van der Waals surface area contributed by atoms with E-state index in [9.17, 15) is 13.2 Å². The number of rotatable bonds is 2. The predicted octanol–water partition coefficient (Wildman–Crippen LogP) is 4.71. The minimum atomic E-state index is -4.61. The Labute approximate surface area is 138 Å². The Morgan fingerprint density at radius 1 is 1.21 bits per heavy atom. The van der Waals surface area contributed by atoms with Gasteiger partial charge in [-0.2, -0.15) is 13.2 Å². The molecule has 2 N–H and O–H groups in total. The van der Waals surface area contributed by atoms with Crippen LogP contribution in [0.4, 0.5) is 30.4 Å². The largest absolute Gasteiger partial charge is 0.433 e. The number of nitrogen functional groups attached to an aromatic ring is 1. The summed E-state index contributed by atoms with van der Waals surface area (Å²) in [7, 11) is 0. The summed E-state index contributed by atoms with van der Waals surface area (Å²) in [5.74, 6) is -0.214. The molecule has 0 fully saturated rings. The van der Waals surface area contributed by atoms with Crippen LogP contribution in [0.25, 0.3) is 5.65 Å². The Hall–Kier alpha value is -2.68. The lowest BCUT2D eigenvalue weighted by atomic mass is 10.3. The standard InChI is InChI=1S/C14H10ClF3N6/c1-7-6-10(14(16,17)18)24-13(20-7)11(12(19)23-24)22-21-9-5-3-2-4-8(9)15/h2-6H,1H3,(H2,19,23). The third-order valence-corrected chi connectivity index (χ3v) is 3.44. The summed E-state index contributed by atoms with van der Waals surface area (Å²) in [4.78, 5) is 4.04. The highest BCUT2D eigenvalue weighted by atomic mass is 35.5. The van der Waals surface area contributed by atoms with Crippen molar-refractivity contribution in [2.75, 3.05) is 5.73 Å². The van der Waals surface area contributed by atoms with E-state index in [-0.39, 0.29) is 22.8 Å². The van der Waals surface area contributed by atoms with Gasteiger partial charge in [-0.05, 0) is 25.1 Å². The molecule has 1 aromatic carbocycles. The summed E-state index contributed by atoms with van der Waals surface area (Å²) in [5.41, 5.74) is 5.03. The number of anilines is 1. The molecule has 0 aliphatic heterocycles. The highest BCUT2D eigenvalue weighted by molar-refractivity contribution is 6.32. The first kappa shape index (κ1) is 16.2. The third kappa shape index (κ3) is 2.90. The van der Waals surface area contributed by atoms with Crippen LogP contribution in [0.15, 0.2) is 40.6 Å². The molecule has 0 unspecified atom stereocenters. The first-order chi connectivity index (χ1) is 11.3. The summed E-state index contributed by atoms with van der Waals surface area (Å²) in [6, 6.07) is 7.51. The molecule has 2 heterocycles. The molecule has 24 heavy (non-hydrogen) atoms. The first-order valence-electron chi connectivity index (χ1n) is 6.66. The average Bonchev–Trinajstić information content (AvgIpc) is 2.80. The number of hydrogen-bond acceptors (Lipinski definition) is 5. The molecule has 0 amide bonds. The van der Waals surface area contributed by atoms with Crippen LogP contribution in [0.3, 0.4) is 0 Å². The highest BCUT2D eigenvalue weighted by Crippen LogP contribution is 2.35. The van der Waals surface area contributed by atoms with Crippen LogP contribution in [0.5, 0.6) is 0 Å². The fourth-order valence-electron chi connectivity index (χ4n) is 2.08. The van der Waals surface area contributed by atoms with Gasteiger partial charge in [0.15, 0.2) is 17.2 Å².